The third-order valence-electron chi connectivity index (χ3n) is 15.2. The van der Waals surface area contributed by atoms with Gasteiger partial charge in [-0.1, -0.05) is 323 Å². The Labute approximate surface area is 397 Å². The number of nitrogens with zero attached hydrogens (tertiary/aromatic N) is 1. The van der Waals surface area contributed by atoms with Gasteiger partial charge in [0.2, 0.25) is 0 Å². The summed E-state index contributed by atoms with van der Waals surface area (Å²) in [6.07, 6.45) is 78.2. The van der Waals surface area contributed by atoms with Crippen LogP contribution in [-0.4, -0.2) is 30.7 Å². The highest BCUT2D eigenvalue weighted by atomic mass is 15.3. The first-order valence-corrected chi connectivity index (χ1v) is 30.6. The summed E-state index contributed by atoms with van der Waals surface area (Å²) in [5.41, 5.74) is 0. The molecule has 0 radical (unpaired) electrons. The maximum atomic E-state index is 2.44. The third kappa shape index (κ3) is 49.4. The maximum Gasteiger partial charge on any atom is 0.0786 e. The van der Waals surface area contributed by atoms with E-state index in [0.29, 0.717) is 0 Å². The Morgan fingerprint density at radius 1 is 0.129 bits per heavy atom. The Balaban J connectivity index is 4.39. The minimum atomic E-state index is 1.37. The molecule has 0 heterocycles. The highest BCUT2D eigenvalue weighted by Gasteiger charge is 2.25. The predicted octanol–water partition coefficient (Wildman–Crippen LogP) is 22.6. The molecule has 0 aliphatic carbocycles. The highest BCUT2D eigenvalue weighted by molar-refractivity contribution is 4.57. The van der Waals surface area contributed by atoms with E-state index >= 15 is 0 Å². The first-order valence-electron chi connectivity index (χ1n) is 30.6. The number of hydrogen-bond acceptors (Lipinski definition) is 0. The highest BCUT2D eigenvalue weighted by Crippen LogP contribution is 2.22. The Morgan fingerprint density at radius 2 is 0.242 bits per heavy atom. The first-order chi connectivity index (χ1) is 30.7. The second kappa shape index (κ2) is 55.3. The molecule has 0 amide bonds. The van der Waals surface area contributed by atoms with Crippen LogP contribution in [0.3, 0.4) is 0 Å². The van der Waals surface area contributed by atoms with E-state index in [1.54, 1.807) is 0 Å². The van der Waals surface area contributed by atoms with Crippen molar-refractivity contribution in [2.75, 3.05) is 26.2 Å². The van der Waals surface area contributed by atoms with Crippen LogP contribution < -0.4 is 0 Å². The third-order valence-corrected chi connectivity index (χ3v) is 15.2. The van der Waals surface area contributed by atoms with Crippen molar-refractivity contribution >= 4 is 0 Å². The molecule has 0 aromatic heterocycles. The van der Waals surface area contributed by atoms with Crippen LogP contribution in [0.4, 0.5) is 0 Å². The van der Waals surface area contributed by atoms with Gasteiger partial charge in [0.05, 0.1) is 26.2 Å². The van der Waals surface area contributed by atoms with Gasteiger partial charge in [-0.05, 0) is 44.9 Å². The average Bonchev–Trinajstić information content (AvgIpc) is 3.28. The van der Waals surface area contributed by atoms with E-state index in [9.17, 15) is 0 Å². The summed E-state index contributed by atoms with van der Waals surface area (Å²) < 4.78 is 1.48. The van der Waals surface area contributed by atoms with E-state index in [0.717, 1.165) is 0 Å². The lowest BCUT2D eigenvalue weighted by molar-refractivity contribution is -0.929. The molecule has 0 spiro atoms. The van der Waals surface area contributed by atoms with Crippen molar-refractivity contribution in [2.45, 2.75) is 368 Å². The average molecular weight is 874 g/mol. The van der Waals surface area contributed by atoms with Crippen molar-refractivity contribution in [1.29, 1.82) is 0 Å². The summed E-state index contributed by atoms with van der Waals surface area (Å²) in [4.78, 5) is 0. The second-order valence-corrected chi connectivity index (χ2v) is 21.6. The molecule has 0 atom stereocenters. The fraction of sp³-hybridized carbons (Fsp3) is 1.00. The molecule has 0 fully saturated rings. The van der Waals surface area contributed by atoms with Gasteiger partial charge in [-0.2, -0.15) is 0 Å². The van der Waals surface area contributed by atoms with E-state index in [4.69, 9.17) is 0 Å². The van der Waals surface area contributed by atoms with Gasteiger partial charge in [-0.3, -0.25) is 0 Å². The Kier molecular flexibility index (Phi) is 55.3. The molecule has 0 aromatic rings. The monoisotopic (exact) mass is 873 g/mol. The molecule has 0 saturated heterocycles. The molecular weight excluding hydrogens is 747 g/mol. The first kappa shape index (κ1) is 62.0. The predicted molar refractivity (Wildman–Crippen MR) is 287 cm³/mol. The van der Waals surface area contributed by atoms with Crippen molar-refractivity contribution in [3.8, 4) is 0 Å². The summed E-state index contributed by atoms with van der Waals surface area (Å²) in [7, 11) is 0. The molecule has 0 unspecified atom stereocenters. The van der Waals surface area contributed by atoms with Gasteiger partial charge in [-0.15, -0.1) is 0 Å². The molecule has 62 heavy (non-hydrogen) atoms. The molecule has 1 heteroatoms. The van der Waals surface area contributed by atoms with E-state index in [-0.39, 0.29) is 0 Å². The zero-order chi connectivity index (χ0) is 44.8. The molecule has 0 aliphatic rings. The zero-order valence-electron chi connectivity index (χ0n) is 44.8. The van der Waals surface area contributed by atoms with Gasteiger partial charge < -0.3 is 4.48 Å². The number of unbranched alkanes of at least 4 members (excludes halogenated alkanes) is 49. The second-order valence-electron chi connectivity index (χ2n) is 21.6. The molecule has 0 bridgehead atoms. The van der Waals surface area contributed by atoms with Crippen molar-refractivity contribution in [2.24, 2.45) is 0 Å². The lowest BCUT2D eigenvalue weighted by Gasteiger charge is -2.39. The zero-order valence-corrected chi connectivity index (χ0v) is 44.8. The Bertz CT molecular complexity index is 665. The van der Waals surface area contributed by atoms with E-state index < -0.39 is 0 Å². The van der Waals surface area contributed by atoms with Gasteiger partial charge in [0.25, 0.3) is 0 Å². The van der Waals surface area contributed by atoms with E-state index in [2.05, 4.69) is 27.7 Å². The van der Waals surface area contributed by atoms with Crippen LogP contribution in [0.15, 0.2) is 0 Å². The summed E-state index contributed by atoms with van der Waals surface area (Å²) in [6.45, 7) is 15.3. The minimum Gasteiger partial charge on any atom is -0.324 e. The molecule has 1 nitrogen and oxygen atoms in total. The van der Waals surface area contributed by atoms with Gasteiger partial charge >= 0.3 is 0 Å². The topological polar surface area (TPSA) is 0 Å². The van der Waals surface area contributed by atoms with Crippen LogP contribution in [0.5, 0.6) is 0 Å². The lowest BCUT2D eigenvalue weighted by Crippen LogP contribution is -2.50. The van der Waals surface area contributed by atoms with Crippen LogP contribution in [0.1, 0.15) is 368 Å². The fourth-order valence-electron chi connectivity index (χ4n) is 10.7. The molecule has 0 aromatic carbocycles. The van der Waals surface area contributed by atoms with Crippen LogP contribution >= 0.6 is 0 Å². The largest absolute Gasteiger partial charge is 0.324 e. The maximum absolute atomic E-state index is 2.44. The summed E-state index contributed by atoms with van der Waals surface area (Å²) in [5.74, 6) is 0. The Hall–Kier alpha value is -0.0400. The van der Waals surface area contributed by atoms with Gasteiger partial charge in [-0.25, -0.2) is 0 Å². The quantitative estimate of drug-likeness (QED) is 0.0422. The lowest BCUT2D eigenvalue weighted by atomic mass is 10.0. The van der Waals surface area contributed by atoms with Crippen LogP contribution in [-0.2, 0) is 0 Å². The van der Waals surface area contributed by atoms with Gasteiger partial charge in [0, 0.05) is 0 Å². The normalized spacial score (nSPS) is 12.0. The van der Waals surface area contributed by atoms with Crippen LogP contribution in [0.25, 0.3) is 0 Å². The van der Waals surface area contributed by atoms with E-state index in [1.807, 2.05) is 0 Å². The van der Waals surface area contributed by atoms with Crippen LogP contribution in [0.2, 0.25) is 0 Å². The standard InChI is InChI=1S/C61H126N/c1-5-9-13-16-19-22-25-28-31-34-37-40-43-46-49-52-55-59-62(58-12-8-4,60-56-53-50-47-44-41-38-35-32-29-26-23-20-17-14-10-6-2)61-57-54-51-48-45-42-39-36-33-30-27-24-21-18-15-11-7-3/h5-61H2,1-4H3/q+1. The van der Waals surface area contributed by atoms with Gasteiger partial charge in [0.15, 0.2) is 0 Å². The van der Waals surface area contributed by atoms with Crippen molar-refractivity contribution < 1.29 is 4.48 Å². The molecule has 374 valence electrons. The van der Waals surface area contributed by atoms with Crippen molar-refractivity contribution in [3.63, 3.8) is 0 Å². The fourth-order valence-corrected chi connectivity index (χ4v) is 10.7. The van der Waals surface area contributed by atoms with E-state index in [1.165, 1.54) is 371 Å². The number of quaternary nitrogens is 1. The van der Waals surface area contributed by atoms with Crippen molar-refractivity contribution in [3.05, 3.63) is 0 Å². The smallest absolute Gasteiger partial charge is 0.0786 e. The van der Waals surface area contributed by atoms with Crippen LogP contribution in [0, 0.1) is 0 Å². The SMILES string of the molecule is CCCCCCCCCCCCCCCCCCC[N+](CCCC)(CCCCCCCCCCCCCCCCCCC)CCCCCCCCCCCCCCCCCCC. The summed E-state index contributed by atoms with van der Waals surface area (Å²) >= 11 is 0. The summed E-state index contributed by atoms with van der Waals surface area (Å²) in [5, 5.41) is 0. The molecule has 0 saturated carbocycles. The molecule has 0 N–H and O–H groups in total. The molecule has 0 aliphatic heterocycles. The number of hydrogen-bond donors (Lipinski definition) is 0. The Morgan fingerprint density at radius 3 is 0.387 bits per heavy atom. The van der Waals surface area contributed by atoms with Crippen molar-refractivity contribution in [1.82, 2.24) is 0 Å². The summed E-state index contributed by atoms with van der Waals surface area (Å²) in [6, 6.07) is 0. The number of rotatable bonds is 57. The van der Waals surface area contributed by atoms with Gasteiger partial charge in [0.1, 0.15) is 0 Å². The molecular formula is C61H126N+. The molecule has 0 rings (SSSR count). The minimum absolute atomic E-state index is 1.37.